The molecule has 0 aromatic heterocycles. The molecule has 1 nitrogen and oxygen atoms in total. The summed E-state index contributed by atoms with van der Waals surface area (Å²) in [5.41, 5.74) is 0. The largest absolute Gasteiger partial charge is 0.297 e. The highest BCUT2D eigenvalue weighted by atomic mass is 15.2. The highest BCUT2D eigenvalue weighted by Crippen LogP contribution is 2.25. The van der Waals surface area contributed by atoms with Crippen molar-refractivity contribution in [2.45, 2.75) is 84.2 Å². The first kappa shape index (κ1) is 13.0. The van der Waals surface area contributed by atoms with Gasteiger partial charge < -0.3 is 0 Å². The van der Waals surface area contributed by atoms with Crippen molar-refractivity contribution < 1.29 is 0 Å². The van der Waals surface area contributed by atoms with Crippen molar-refractivity contribution in [3.63, 3.8) is 0 Å². The van der Waals surface area contributed by atoms with Crippen LogP contribution in [0.25, 0.3) is 0 Å². The number of hydrogen-bond acceptors (Lipinski definition) is 1. The molecule has 90 valence electrons. The molecular formula is C14H29N. The maximum Gasteiger partial charge on any atom is 0.00979 e. The summed E-state index contributed by atoms with van der Waals surface area (Å²) in [5, 5.41) is 0. The first-order valence-corrected chi connectivity index (χ1v) is 7.09. The van der Waals surface area contributed by atoms with Crippen molar-refractivity contribution in [3.8, 4) is 0 Å². The van der Waals surface area contributed by atoms with Gasteiger partial charge >= 0.3 is 0 Å². The van der Waals surface area contributed by atoms with E-state index in [-0.39, 0.29) is 0 Å². The number of piperidine rings is 1. The molecule has 1 unspecified atom stereocenters. The molecule has 1 atom stereocenters. The van der Waals surface area contributed by atoms with Gasteiger partial charge in [-0.25, -0.2) is 0 Å². The molecule has 0 spiro atoms. The quantitative estimate of drug-likeness (QED) is 0.636. The molecule has 15 heavy (non-hydrogen) atoms. The van der Waals surface area contributed by atoms with E-state index in [1.165, 1.54) is 57.9 Å². The van der Waals surface area contributed by atoms with Gasteiger partial charge in [-0.2, -0.15) is 0 Å². The van der Waals surface area contributed by atoms with Crippen molar-refractivity contribution in [1.82, 2.24) is 4.90 Å². The number of nitrogens with zero attached hydrogens (tertiary/aromatic N) is 1. The first-order valence-electron chi connectivity index (χ1n) is 7.09. The molecule has 1 heteroatoms. The number of hydrogen-bond donors (Lipinski definition) is 0. The summed E-state index contributed by atoms with van der Waals surface area (Å²) in [7, 11) is 0. The van der Waals surface area contributed by atoms with E-state index in [1.54, 1.807) is 0 Å². The molecule has 0 saturated carbocycles. The smallest absolute Gasteiger partial charge is 0.00979 e. The second-order valence-corrected chi connectivity index (χ2v) is 5.03. The molecule has 0 aromatic carbocycles. The third-order valence-corrected chi connectivity index (χ3v) is 3.86. The zero-order valence-corrected chi connectivity index (χ0v) is 11.0. The average Bonchev–Trinajstić information content (AvgIpc) is 2.29. The van der Waals surface area contributed by atoms with Crippen LogP contribution in [0.4, 0.5) is 0 Å². The Hall–Kier alpha value is -0.0400. The third-order valence-electron chi connectivity index (χ3n) is 3.86. The Balaban J connectivity index is 2.53. The zero-order valence-electron chi connectivity index (χ0n) is 11.0. The van der Waals surface area contributed by atoms with Gasteiger partial charge in [0.25, 0.3) is 0 Å². The summed E-state index contributed by atoms with van der Waals surface area (Å²) in [6, 6.07) is 1.77. The summed E-state index contributed by atoms with van der Waals surface area (Å²) in [5.74, 6) is 0. The van der Waals surface area contributed by atoms with Gasteiger partial charge in [0, 0.05) is 12.1 Å². The van der Waals surface area contributed by atoms with Crippen LogP contribution in [-0.2, 0) is 0 Å². The maximum absolute atomic E-state index is 2.83. The number of rotatable bonds is 6. The SMILES string of the molecule is CCCC(CCC)N1CCCCC1CC. The van der Waals surface area contributed by atoms with Gasteiger partial charge in [-0.3, -0.25) is 4.90 Å². The topological polar surface area (TPSA) is 3.24 Å². The lowest BCUT2D eigenvalue weighted by atomic mass is 9.94. The number of likely N-dealkylation sites (tertiary alicyclic amines) is 1. The molecule has 1 aliphatic heterocycles. The molecule has 0 N–H and O–H groups in total. The zero-order chi connectivity index (χ0) is 11.1. The van der Waals surface area contributed by atoms with Crippen LogP contribution in [0.5, 0.6) is 0 Å². The second-order valence-electron chi connectivity index (χ2n) is 5.03. The monoisotopic (exact) mass is 211 g/mol. The molecule has 1 rings (SSSR count). The minimum Gasteiger partial charge on any atom is -0.297 e. The predicted octanol–water partition coefficient (Wildman–Crippen LogP) is 4.22. The molecule has 0 aromatic rings. The first-order chi connectivity index (χ1) is 7.33. The molecule has 1 heterocycles. The molecular weight excluding hydrogens is 182 g/mol. The molecule has 1 fully saturated rings. The lowest BCUT2D eigenvalue weighted by molar-refractivity contribution is 0.0807. The van der Waals surface area contributed by atoms with Gasteiger partial charge in [-0.05, 0) is 38.6 Å². The standard InChI is InChI=1S/C14H29N/c1-4-9-14(10-5-2)15-12-8-7-11-13(15)6-3/h13-14H,4-12H2,1-3H3. The fourth-order valence-electron chi connectivity index (χ4n) is 3.08. The summed E-state index contributed by atoms with van der Waals surface area (Å²) in [6.45, 7) is 8.38. The average molecular weight is 211 g/mol. The van der Waals surface area contributed by atoms with Gasteiger partial charge in [0.2, 0.25) is 0 Å². The Labute approximate surface area is 96.2 Å². The molecule has 1 aliphatic rings. The summed E-state index contributed by atoms with van der Waals surface area (Å²) in [4.78, 5) is 2.83. The molecule has 1 saturated heterocycles. The molecule has 0 amide bonds. The van der Waals surface area contributed by atoms with E-state index in [0.29, 0.717) is 0 Å². The highest BCUT2D eigenvalue weighted by Gasteiger charge is 2.26. The second kappa shape index (κ2) is 7.27. The Bertz CT molecular complexity index is 149. The van der Waals surface area contributed by atoms with E-state index in [1.807, 2.05) is 0 Å². The lowest BCUT2D eigenvalue weighted by Crippen LogP contribution is -2.45. The van der Waals surface area contributed by atoms with Crippen molar-refractivity contribution in [2.24, 2.45) is 0 Å². The van der Waals surface area contributed by atoms with Crippen LogP contribution < -0.4 is 0 Å². The molecule has 0 aliphatic carbocycles. The van der Waals surface area contributed by atoms with Gasteiger partial charge in [0.1, 0.15) is 0 Å². The van der Waals surface area contributed by atoms with Crippen LogP contribution >= 0.6 is 0 Å². The maximum atomic E-state index is 2.83. The van der Waals surface area contributed by atoms with Crippen LogP contribution in [0, 0.1) is 0 Å². The Morgan fingerprint density at radius 3 is 2.27 bits per heavy atom. The van der Waals surface area contributed by atoms with E-state index in [0.717, 1.165) is 12.1 Å². The lowest BCUT2D eigenvalue weighted by Gasteiger charge is -2.41. The summed E-state index contributed by atoms with van der Waals surface area (Å²) < 4.78 is 0. The van der Waals surface area contributed by atoms with Crippen LogP contribution in [0.2, 0.25) is 0 Å². The van der Waals surface area contributed by atoms with Gasteiger partial charge in [-0.15, -0.1) is 0 Å². The van der Waals surface area contributed by atoms with E-state index in [4.69, 9.17) is 0 Å². The highest BCUT2D eigenvalue weighted by molar-refractivity contribution is 4.81. The third kappa shape index (κ3) is 3.79. The molecule has 0 bridgehead atoms. The fraction of sp³-hybridized carbons (Fsp3) is 1.00. The predicted molar refractivity (Wildman–Crippen MR) is 68.2 cm³/mol. The van der Waals surface area contributed by atoms with Gasteiger partial charge in [0.15, 0.2) is 0 Å². The van der Waals surface area contributed by atoms with Gasteiger partial charge in [-0.1, -0.05) is 40.0 Å². The van der Waals surface area contributed by atoms with Gasteiger partial charge in [0.05, 0.1) is 0 Å². The minimum absolute atomic E-state index is 0.880. The fourth-order valence-corrected chi connectivity index (χ4v) is 3.08. The van der Waals surface area contributed by atoms with E-state index in [2.05, 4.69) is 25.7 Å². The van der Waals surface area contributed by atoms with Crippen LogP contribution in [0.15, 0.2) is 0 Å². The minimum atomic E-state index is 0.880. The van der Waals surface area contributed by atoms with E-state index >= 15 is 0 Å². The van der Waals surface area contributed by atoms with E-state index in [9.17, 15) is 0 Å². The van der Waals surface area contributed by atoms with Crippen molar-refractivity contribution in [1.29, 1.82) is 0 Å². The normalized spacial score (nSPS) is 23.6. The van der Waals surface area contributed by atoms with Crippen molar-refractivity contribution >= 4 is 0 Å². The van der Waals surface area contributed by atoms with Crippen LogP contribution in [0.1, 0.15) is 72.1 Å². The Morgan fingerprint density at radius 2 is 1.73 bits per heavy atom. The van der Waals surface area contributed by atoms with Crippen molar-refractivity contribution in [2.75, 3.05) is 6.54 Å². The molecule has 0 radical (unpaired) electrons. The van der Waals surface area contributed by atoms with Crippen LogP contribution in [-0.4, -0.2) is 23.5 Å². The van der Waals surface area contributed by atoms with Crippen molar-refractivity contribution in [3.05, 3.63) is 0 Å². The summed E-state index contributed by atoms with van der Waals surface area (Å²) in [6.07, 6.45) is 11.2. The Kier molecular flexibility index (Phi) is 6.31. The van der Waals surface area contributed by atoms with E-state index < -0.39 is 0 Å². The summed E-state index contributed by atoms with van der Waals surface area (Å²) >= 11 is 0. The Morgan fingerprint density at radius 1 is 1.07 bits per heavy atom. The van der Waals surface area contributed by atoms with Crippen LogP contribution in [0.3, 0.4) is 0 Å².